The molecule has 0 aliphatic heterocycles. The maximum Gasteiger partial charge on any atom is 0.227 e. The number of nitrogens with one attached hydrogen (secondary N) is 2. The molecule has 118 valence electrons. The third-order valence-electron chi connectivity index (χ3n) is 4.21. The van der Waals surface area contributed by atoms with E-state index in [0.29, 0.717) is 0 Å². The summed E-state index contributed by atoms with van der Waals surface area (Å²) in [4.78, 5) is 19.6. The molecule has 4 nitrogen and oxygen atoms in total. The Kier molecular flexibility index (Phi) is 4.71. The molecule has 3 rings (SSSR count). The molecule has 2 aromatic rings. The SMILES string of the molecule is CNC(=O)C1CC=C(CCc2ncc[nH]2)C=C1c1ccccc1. The highest BCUT2D eigenvalue weighted by Gasteiger charge is 2.25. The lowest BCUT2D eigenvalue weighted by Gasteiger charge is -2.23. The maximum absolute atomic E-state index is 12.2. The number of aryl methyl sites for hydroxylation is 1. The highest BCUT2D eigenvalue weighted by atomic mass is 16.1. The number of hydrogen-bond donors (Lipinski definition) is 2. The summed E-state index contributed by atoms with van der Waals surface area (Å²) in [6.45, 7) is 0. The first-order chi connectivity index (χ1) is 11.3. The lowest BCUT2D eigenvalue weighted by Crippen LogP contribution is -2.29. The van der Waals surface area contributed by atoms with Gasteiger partial charge in [-0.25, -0.2) is 4.98 Å². The number of hydrogen-bond acceptors (Lipinski definition) is 2. The molecule has 1 aliphatic carbocycles. The van der Waals surface area contributed by atoms with Crippen LogP contribution in [0.25, 0.3) is 5.57 Å². The maximum atomic E-state index is 12.2. The van der Waals surface area contributed by atoms with Crippen LogP contribution in [0.5, 0.6) is 0 Å². The molecule has 0 radical (unpaired) electrons. The number of nitrogens with zero attached hydrogens (tertiary/aromatic N) is 1. The molecule has 0 fully saturated rings. The topological polar surface area (TPSA) is 57.8 Å². The molecule has 1 unspecified atom stereocenters. The molecule has 1 aromatic heterocycles. The quantitative estimate of drug-likeness (QED) is 0.891. The Morgan fingerprint density at radius 3 is 2.83 bits per heavy atom. The molecule has 1 amide bonds. The first-order valence-corrected chi connectivity index (χ1v) is 7.94. The first kappa shape index (κ1) is 15.3. The number of allylic oxidation sites excluding steroid dienone is 3. The normalized spacial score (nSPS) is 17.3. The van der Waals surface area contributed by atoms with Gasteiger partial charge in [0, 0.05) is 25.9 Å². The van der Waals surface area contributed by atoms with E-state index >= 15 is 0 Å². The molecule has 2 N–H and O–H groups in total. The fourth-order valence-electron chi connectivity index (χ4n) is 2.96. The van der Waals surface area contributed by atoms with E-state index in [2.05, 4.69) is 39.6 Å². The van der Waals surface area contributed by atoms with Gasteiger partial charge in [0.1, 0.15) is 5.82 Å². The highest BCUT2D eigenvalue weighted by Crippen LogP contribution is 2.33. The van der Waals surface area contributed by atoms with Crippen molar-refractivity contribution < 1.29 is 4.79 Å². The van der Waals surface area contributed by atoms with Gasteiger partial charge in [-0.2, -0.15) is 0 Å². The zero-order valence-electron chi connectivity index (χ0n) is 13.3. The van der Waals surface area contributed by atoms with Crippen molar-refractivity contribution in [2.75, 3.05) is 7.05 Å². The zero-order valence-corrected chi connectivity index (χ0v) is 13.3. The molecule has 1 aliphatic rings. The standard InChI is InChI=1S/C19H21N3O/c1-20-19(23)16-9-7-14(8-10-18-21-11-12-22-18)13-17(16)15-5-3-2-4-6-15/h2-7,11-13,16H,8-10H2,1H3,(H,20,23)(H,21,22). The van der Waals surface area contributed by atoms with E-state index in [-0.39, 0.29) is 11.8 Å². The van der Waals surface area contributed by atoms with Gasteiger partial charge in [0.25, 0.3) is 0 Å². The number of benzene rings is 1. The number of aromatic amines is 1. The second-order valence-corrected chi connectivity index (χ2v) is 5.68. The number of aromatic nitrogens is 2. The van der Waals surface area contributed by atoms with Crippen molar-refractivity contribution in [1.29, 1.82) is 0 Å². The van der Waals surface area contributed by atoms with Crippen molar-refractivity contribution in [3.05, 3.63) is 71.8 Å². The summed E-state index contributed by atoms with van der Waals surface area (Å²) in [5.74, 6) is 0.949. The van der Waals surface area contributed by atoms with Crippen LogP contribution in [0, 0.1) is 5.92 Å². The Balaban J connectivity index is 1.82. The monoisotopic (exact) mass is 307 g/mol. The first-order valence-electron chi connectivity index (χ1n) is 7.94. The van der Waals surface area contributed by atoms with Gasteiger partial charge in [-0.05, 0) is 24.0 Å². The smallest absolute Gasteiger partial charge is 0.227 e. The van der Waals surface area contributed by atoms with Crippen LogP contribution >= 0.6 is 0 Å². The number of amides is 1. The van der Waals surface area contributed by atoms with Gasteiger partial charge in [0.05, 0.1) is 5.92 Å². The van der Waals surface area contributed by atoms with Crippen molar-refractivity contribution in [2.45, 2.75) is 19.3 Å². The Morgan fingerprint density at radius 1 is 1.30 bits per heavy atom. The predicted molar refractivity (Wildman–Crippen MR) is 91.6 cm³/mol. The molecule has 0 saturated carbocycles. The lowest BCUT2D eigenvalue weighted by atomic mass is 9.83. The Labute approximate surface area is 136 Å². The van der Waals surface area contributed by atoms with Crippen LogP contribution in [0.1, 0.15) is 24.2 Å². The van der Waals surface area contributed by atoms with Crippen molar-refractivity contribution in [1.82, 2.24) is 15.3 Å². The minimum absolute atomic E-state index is 0.0708. The van der Waals surface area contributed by atoms with E-state index in [1.165, 1.54) is 5.57 Å². The molecule has 0 spiro atoms. The zero-order chi connectivity index (χ0) is 16.1. The van der Waals surface area contributed by atoms with Gasteiger partial charge in [-0.15, -0.1) is 0 Å². The van der Waals surface area contributed by atoms with Crippen molar-refractivity contribution >= 4 is 11.5 Å². The molecule has 0 saturated heterocycles. The molecule has 1 heterocycles. The summed E-state index contributed by atoms with van der Waals surface area (Å²) in [5, 5.41) is 2.78. The van der Waals surface area contributed by atoms with Crippen molar-refractivity contribution in [3.8, 4) is 0 Å². The second-order valence-electron chi connectivity index (χ2n) is 5.68. The fourth-order valence-corrected chi connectivity index (χ4v) is 2.96. The predicted octanol–water partition coefficient (Wildman–Crippen LogP) is 3.12. The van der Waals surface area contributed by atoms with Gasteiger partial charge in [0.2, 0.25) is 5.91 Å². The summed E-state index contributed by atoms with van der Waals surface area (Å²) in [7, 11) is 1.70. The number of carbonyl (C=O) groups excluding carboxylic acids is 1. The lowest BCUT2D eigenvalue weighted by molar-refractivity contribution is -0.122. The summed E-state index contributed by atoms with van der Waals surface area (Å²) in [6.07, 6.45) is 10.5. The summed E-state index contributed by atoms with van der Waals surface area (Å²) < 4.78 is 0. The molecule has 23 heavy (non-hydrogen) atoms. The third-order valence-corrected chi connectivity index (χ3v) is 4.21. The highest BCUT2D eigenvalue weighted by molar-refractivity contribution is 5.93. The minimum atomic E-state index is -0.116. The average molecular weight is 307 g/mol. The van der Waals surface area contributed by atoms with Gasteiger partial charge in [-0.3, -0.25) is 4.79 Å². The van der Waals surface area contributed by atoms with Crippen LogP contribution in [-0.4, -0.2) is 22.9 Å². The minimum Gasteiger partial charge on any atom is -0.359 e. The summed E-state index contributed by atoms with van der Waals surface area (Å²) in [5.41, 5.74) is 3.48. The molecular formula is C19H21N3O. The Hall–Kier alpha value is -2.62. The van der Waals surface area contributed by atoms with Crippen LogP contribution in [0.15, 0.2) is 60.5 Å². The van der Waals surface area contributed by atoms with Crippen LogP contribution < -0.4 is 5.32 Å². The number of H-pyrrole nitrogens is 1. The Morgan fingerprint density at radius 2 is 2.13 bits per heavy atom. The van der Waals surface area contributed by atoms with Gasteiger partial charge < -0.3 is 10.3 Å². The van der Waals surface area contributed by atoms with E-state index in [1.54, 1.807) is 13.2 Å². The third kappa shape index (κ3) is 3.59. The molecule has 0 bridgehead atoms. The van der Waals surface area contributed by atoms with Crippen LogP contribution in [0.4, 0.5) is 0 Å². The van der Waals surface area contributed by atoms with Gasteiger partial charge in [-0.1, -0.05) is 48.1 Å². The van der Waals surface area contributed by atoms with Gasteiger partial charge in [0.15, 0.2) is 0 Å². The molecule has 1 aromatic carbocycles. The van der Waals surface area contributed by atoms with E-state index in [1.807, 2.05) is 24.4 Å². The molecular weight excluding hydrogens is 286 g/mol. The molecule has 4 heteroatoms. The molecule has 1 atom stereocenters. The van der Waals surface area contributed by atoms with E-state index in [0.717, 1.165) is 36.2 Å². The Bertz CT molecular complexity index is 714. The van der Waals surface area contributed by atoms with Crippen molar-refractivity contribution in [2.24, 2.45) is 5.92 Å². The van der Waals surface area contributed by atoms with Crippen molar-refractivity contribution in [3.63, 3.8) is 0 Å². The number of imidazole rings is 1. The van der Waals surface area contributed by atoms with E-state index < -0.39 is 0 Å². The van der Waals surface area contributed by atoms with E-state index in [9.17, 15) is 4.79 Å². The van der Waals surface area contributed by atoms with Gasteiger partial charge >= 0.3 is 0 Å². The summed E-state index contributed by atoms with van der Waals surface area (Å²) >= 11 is 0. The second kappa shape index (κ2) is 7.09. The van der Waals surface area contributed by atoms with Crippen LogP contribution in [0.3, 0.4) is 0 Å². The largest absolute Gasteiger partial charge is 0.359 e. The van der Waals surface area contributed by atoms with Crippen LogP contribution in [-0.2, 0) is 11.2 Å². The number of rotatable bonds is 5. The van der Waals surface area contributed by atoms with Crippen LogP contribution in [0.2, 0.25) is 0 Å². The number of carbonyl (C=O) groups is 1. The average Bonchev–Trinajstić information content (AvgIpc) is 3.13. The summed E-state index contributed by atoms with van der Waals surface area (Å²) in [6, 6.07) is 10.2. The van der Waals surface area contributed by atoms with E-state index in [4.69, 9.17) is 0 Å². The fraction of sp³-hybridized carbons (Fsp3) is 0.263.